The number of benzene rings is 3. The van der Waals surface area contributed by atoms with E-state index in [9.17, 15) is 39.9 Å². The molecule has 14 heteroatoms. The Morgan fingerprint density at radius 2 is 0.760 bits per heavy atom. The smallest absolute Gasteiger partial charge is 0.870 e. The number of hydrogen-bond donors (Lipinski definition) is 5. The number of Topliss-reactive ketones (excluding diaryl/α,β-unsaturated/α-hetero) is 1. The minimum atomic E-state index is -0.967. The molecule has 0 bridgehead atoms. The van der Waals surface area contributed by atoms with Crippen molar-refractivity contribution in [1.29, 1.82) is 0 Å². The number of aliphatic hydroxyl groups excluding tert-OH is 2. The van der Waals surface area contributed by atoms with Gasteiger partial charge in [-0.2, -0.15) is 0 Å². The van der Waals surface area contributed by atoms with Gasteiger partial charge in [-0.3, -0.25) is 9.69 Å². The average Bonchev–Trinajstić information content (AvgIpc) is 3.22. The fourth-order valence-electron chi connectivity index (χ4n) is 8.51. The van der Waals surface area contributed by atoms with Gasteiger partial charge in [-0.15, -0.1) is 0 Å². The molecule has 0 heterocycles. The van der Waals surface area contributed by atoms with Crippen molar-refractivity contribution in [1.82, 2.24) is 4.90 Å². The van der Waals surface area contributed by atoms with Crippen molar-refractivity contribution in [2.45, 2.75) is 217 Å². The van der Waals surface area contributed by atoms with Gasteiger partial charge in [0.25, 0.3) is 0 Å². The zero-order chi connectivity index (χ0) is 58.0. The average molecular weight is 1080 g/mol. The molecule has 0 saturated heterocycles. The van der Waals surface area contributed by atoms with E-state index in [0.717, 1.165) is 39.9 Å². The number of alkyl halides is 1. The first kappa shape index (κ1) is 78.6. The summed E-state index contributed by atoms with van der Waals surface area (Å²) >= 11 is 4.96. The Morgan fingerprint density at radius 1 is 0.520 bits per heavy atom. The molecule has 0 radical (unpaired) electrons. The molecule has 0 amide bonds. The fraction of sp³-hybridized carbons (Fsp3) is 0.656. The summed E-state index contributed by atoms with van der Waals surface area (Å²) in [6.45, 7) is 49.6. The number of ether oxygens (including phenoxy) is 2. The number of carbonyl (C=O) groups is 3. The van der Waals surface area contributed by atoms with Gasteiger partial charge in [0.05, 0.1) is 11.1 Å². The topological polar surface area (TPSA) is 204 Å². The number of rotatable bonds is 13. The molecular weight excluding hydrogens is 981 g/mol. The van der Waals surface area contributed by atoms with Crippen LogP contribution in [-0.4, -0.2) is 112 Å². The van der Waals surface area contributed by atoms with Crippen molar-refractivity contribution >= 4 is 29.3 Å². The first-order chi connectivity index (χ1) is 32.9. The summed E-state index contributed by atoms with van der Waals surface area (Å²) in [5, 5.41) is 47.7. The first-order valence-corrected chi connectivity index (χ1v) is 26.2. The van der Waals surface area contributed by atoms with E-state index in [1.807, 2.05) is 53.7 Å². The molecule has 12 nitrogen and oxygen atoms in total. The van der Waals surface area contributed by atoms with E-state index < -0.39 is 11.9 Å². The number of halogens is 1. The number of ketones is 1. The number of phenols is 1. The molecule has 0 aliphatic rings. The number of carbonyl (C=O) groups excluding carboxylic acids is 1. The molecule has 6 N–H and O–H groups in total. The van der Waals surface area contributed by atoms with E-state index in [1.54, 1.807) is 31.4 Å². The number of hydrogen-bond acceptors (Lipinski definition) is 10. The quantitative estimate of drug-likeness (QED) is 0.0616. The molecule has 0 unspecified atom stereocenters. The molecule has 0 aliphatic heterocycles. The van der Waals surface area contributed by atoms with Gasteiger partial charge in [-0.05, 0) is 149 Å². The minimum absolute atomic E-state index is 0. The van der Waals surface area contributed by atoms with Crippen LogP contribution in [0.15, 0.2) is 36.4 Å². The molecule has 0 fully saturated rings. The van der Waals surface area contributed by atoms with Crippen LogP contribution in [0.3, 0.4) is 0 Å². The molecule has 426 valence electrons. The Kier molecular flexibility index (Phi) is 35.1. The van der Waals surface area contributed by atoms with Crippen molar-refractivity contribution in [2.75, 3.05) is 46.7 Å². The van der Waals surface area contributed by atoms with Crippen LogP contribution in [-0.2, 0) is 54.8 Å². The first-order valence-electron chi connectivity index (χ1n) is 25.7. The van der Waals surface area contributed by atoms with Crippen molar-refractivity contribution in [3.63, 3.8) is 0 Å². The van der Waals surface area contributed by atoms with Gasteiger partial charge in [-0.25, -0.2) is 9.59 Å². The number of aromatic hydroxyl groups is 1. The third-order valence-corrected chi connectivity index (χ3v) is 12.3. The number of aliphatic hydroxyl groups is 2. The van der Waals surface area contributed by atoms with Crippen LogP contribution in [0.25, 0.3) is 0 Å². The van der Waals surface area contributed by atoms with Crippen molar-refractivity contribution in [3.05, 3.63) is 97.6 Å². The Bertz CT molecular complexity index is 2080. The second-order valence-electron chi connectivity index (χ2n) is 25.3. The summed E-state index contributed by atoms with van der Waals surface area (Å²) in [7, 11) is 3.08. The van der Waals surface area contributed by atoms with Crippen LogP contribution in [0.5, 0.6) is 5.75 Å². The van der Waals surface area contributed by atoms with Crippen LogP contribution >= 0.6 is 11.6 Å². The summed E-state index contributed by atoms with van der Waals surface area (Å²) in [4.78, 5) is 37.3. The van der Waals surface area contributed by atoms with Crippen LogP contribution in [0, 0.1) is 0 Å². The van der Waals surface area contributed by atoms with Crippen LogP contribution in [0.4, 0.5) is 0 Å². The van der Waals surface area contributed by atoms with Gasteiger partial charge in [-0.1, -0.05) is 143 Å². The van der Waals surface area contributed by atoms with E-state index in [4.69, 9.17) is 16.3 Å². The Morgan fingerprint density at radius 3 is 0.920 bits per heavy atom. The van der Waals surface area contributed by atoms with Crippen LogP contribution in [0.2, 0.25) is 0 Å². The predicted octanol–water partition coefficient (Wildman–Crippen LogP) is 10.6. The standard InChI is InChI=1S/C19H30O3.C17H26O3.C15H22O3.C8H19N.C2H5ClO.Na.H2O/c1-18(2,3)15-10-13(17(21)12-22-7)11-16(19(4,5)6)14(15)8-9-20;1-16(2,3)13-9-11(15(19)20)10-14(17(4,5)6)12(13)7-8-18;1-14(2,3)10-7-9(13(17)18)8-11(12(10)16)15(4,5)6;1-6-9(7(2)3)8(4)5;1-4-2-3;;/h10-11,20H,8-9,12H2,1-7H3;9-10,18H,7-8H2,1-6H3,(H,19,20);7-8,16H,1-6H3,(H,17,18);7-8H,6H2,1-5H3;2H2,1H3;;1H2/q;;;;;+1;/p-1. The third-order valence-electron chi connectivity index (χ3n) is 12.1. The maximum Gasteiger partial charge on any atom is 1.00 e. The second-order valence-corrected chi connectivity index (χ2v) is 25.6. The van der Waals surface area contributed by atoms with Gasteiger partial charge < -0.3 is 40.5 Å². The van der Waals surface area contributed by atoms with Crippen LogP contribution < -0.4 is 29.6 Å². The summed E-state index contributed by atoms with van der Waals surface area (Å²) in [5.74, 6) is -1.67. The molecule has 3 aromatic rings. The number of nitrogens with zero attached hydrogens (tertiary/aromatic N) is 1. The van der Waals surface area contributed by atoms with E-state index in [2.05, 4.69) is 127 Å². The molecule has 0 atom stereocenters. The maximum atomic E-state index is 12.3. The molecule has 75 heavy (non-hydrogen) atoms. The number of aromatic carboxylic acids is 2. The van der Waals surface area contributed by atoms with E-state index in [-0.39, 0.29) is 104 Å². The number of methoxy groups -OCH3 is 2. The second kappa shape index (κ2) is 33.5. The molecule has 3 rings (SSSR count). The number of phenolic OH excluding ortho intramolecular Hbond substituents is 1. The monoisotopic (exact) mass is 1080 g/mol. The van der Waals surface area contributed by atoms with Crippen LogP contribution in [0.1, 0.15) is 235 Å². The fourth-order valence-corrected chi connectivity index (χ4v) is 8.51. The molecule has 0 aromatic heterocycles. The molecule has 0 aliphatic carbocycles. The van der Waals surface area contributed by atoms with E-state index in [0.29, 0.717) is 53.2 Å². The zero-order valence-electron chi connectivity index (χ0n) is 51.6. The van der Waals surface area contributed by atoms with Gasteiger partial charge in [0.2, 0.25) is 0 Å². The summed E-state index contributed by atoms with van der Waals surface area (Å²) < 4.78 is 9.30. The summed E-state index contributed by atoms with van der Waals surface area (Å²) in [5.41, 5.74) is 8.03. The van der Waals surface area contributed by atoms with Gasteiger partial charge in [0.15, 0.2) is 5.78 Å². The molecule has 3 aromatic carbocycles. The van der Waals surface area contributed by atoms with Gasteiger partial charge >= 0.3 is 41.5 Å². The number of carboxylic acid groups (broad SMARTS) is 2. The van der Waals surface area contributed by atoms with Crippen molar-refractivity contribution < 1.29 is 84.4 Å². The van der Waals surface area contributed by atoms with Crippen molar-refractivity contribution in [3.8, 4) is 5.75 Å². The largest absolute Gasteiger partial charge is 1.00 e. The van der Waals surface area contributed by atoms with E-state index in [1.165, 1.54) is 7.11 Å². The SMILES string of the molecule is CC(C)(C)c1cc(C(=O)O)cc(C(C)(C)C)c1CCO.CC(C)(C)c1cc(C(=O)O)cc(C(C)(C)C)c1O.CCN(C(C)C)C(C)C.COCC(=O)c1cc(C(C)(C)C)c(CCO)c(C(C)(C)C)c1.COCCl.[Na+].[OH-]. The van der Waals surface area contributed by atoms with Gasteiger partial charge in [0.1, 0.15) is 18.4 Å². The Labute approximate surface area is 482 Å². The molecule has 0 spiro atoms. The minimum Gasteiger partial charge on any atom is -0.870 e. The normalized spacial score (nSPS) is 11.9. The summed E-state index contributed by atoms with van der Waals surface area (Å²) in [6, 6.07) is 12.2. The summed E-state index contributed by atoms with van der Waals surface area (Å²) in [6.07, 6.45) is 1.16. The van der Waals surface area contributed by atoms with Crippen molar-refractivity contribution in [2.24, 2.45) is 0 Å². The van der Waals surface area contributed by atoms with Gasteiger partial charge in [0, 0.05) is 56.2 Å². The maximum absolute atomic E-state index is 12.3. The zero-order valence-corrected chi connectivity index (χ0v) is 54.4. The Balaban J connectivity index is -0.000000447. The molecule has 0 saturated carbocycles. The number of carboxylic acids is 2. The third kappa shape index (κ3) is 26.6. The predicted molar refractivity (Wildman–Crippen MR) is 307 cm³/mol. The molecular formula is C61H103ClNNaO11. The van der Waals surface area contributed by atoms with E-state index >= 15 is 0 Å². The Hall–Kier alpha value is -2.88.